The molecule has 0 fully saturated rings. The zero-order chi connectivity index (χ0) is 23.8. The van der Waals surface area contributed by atoms with Crippen LogP contribution in [0.2, 0.25) is 5.02 Å². The molecule has 0 heterocycles. The van der Waals surface area contributed by atoms with Gasteiger partial charge in [-0.25, -0.2) is 0 Å². The highest BCUT2D eigenvalue weighted by molar-refractivity contribution is 14.1. The van der Waals surface area contributed by atoms with Crippen molar-refractivity contribution in [3.8, 4) is 17.6 Å². The molecule has 0 aliphatic carbocycles. The van der Waals surface area contributed by atoms with E-state index in [1.807, 2.05) is 43.3 Å². The summed E-state index contributed by atoms with van der Waals surface area (Å²) in [5, 5.41) is 12.9. The first kappa shape index (κ1) is 25.1. The van der Waals surface area contributed by atoms with E-state index in [-0.39, 0.29) is 5.57 Å². The van der Waals surface area contributed by atoms with Crippen LogP contribution in [0.1, 0.15) is 18.1 Å². The molecule has 0 radical (unpaired) electrons. The van der Waals surface area contributed by atoms with Crippen molar-refractivity contribution in [2.75, 3.05) is 11.9 Å². The molecule has 168 valence electrons. The van der Waals surface area contributed by atoms with Crippen LogP contribution in [-0.2, 0) is 11.4 Å². The molecular formula is C25H19BrClIN2O3. The second-order valence-corrected chi connectivity index (χ2v) is 9.20. The Kier molecular flexibility index (Phi) is 9.18. The van der Waals surface area contributed by atoms with E-state index in [1.165, 1.54) is 6.08 Å². The summed E-state index contributed by atoms with van der Waals surface area (Å²) in [6, 6.07) is 20.1. The number of anilines is 1. The number of nitriles is 1. The van der Waals surface area contributed by atoms with Gasteiger partial charge in [0.25, 0.3) is 5.91 Å². The van der Waals surface area contributed by atoms with E-state index in [9.17, 15) is 10.1 Å². The molecule has 0 atom stereocenters. The molecule has 5 nitrogen and oxygen atoms in total. The standard InChI is InChI=1S/C25H19BrClIN2O3/c1-2-32-20-8-5-7-19(13-20)30-25(31)18(14-29)10-16-11-21(26)24(23(28)12-16)33-15-17-6-3-4-9-22(17)27/h3-13H,2,15H2,1H3,(H,30,31)/b18-10-. The lowest BCUT2D eigenvalue weighted by molar-refractivity contribution is -0.112. The minimum Gasteiger partial charge on any atom is -0.494 e. The van der Waals surface area contributed by atoms with Gasteiger partial charge in [-0.3, -0.25) is 4.79 Å². The van der Waals surface area contributed by atoms with Gasteiger partial charge in [0.1, 0.15) is 29.7 Å². The van der Waals surface area contributed by atoms with Crippen molar-refractivity contribution in [3.63, 3.8) is 0 Å². The van der Waals surface area contributed by atoms with Crippen LogP contribution in [0.25, 0.3) is 6.08 Å². The molecule has 0 spiro atoms. The maximum atomic E-state index is 12.7. The third-order valence-electron chi connectivity index (χ3n) is 4.43. The molecule has 3 aromatic carbocycles. The summed E-state index contributed by atoms with van der Waals surface area (Å²) in [5.74, 6) is 0.795. The number of carbonyl (C=O) groups excluding carboxylic acids is 1. The predicted molar refractivity (Wildman–Crippen MR) is 142 cm³/mol. The van der Waals surface area contributed by atoms with Crippen molar-refractivity contribution in [3.05, 3.63) is 90.4 Å². The SMILES string of the molecule is CCOc1cccc(NC(=O)/C(C#N)=C\c2cc(Br)c(OCc3ccccc3Cl)c(I)c2)c1. The first-order valence-electron chi connectivity index (χ1n) is 9.92. The van der Waals surface area contributed by atoms with Crippen LogP contribution in [0.4, 0.5) is 5.69 Å². The highest BCUT2D eigenvalue weighted by Crippen LogP contribution is 2.34. The fourth-order valence-corrected chi connectivity index (χ4v) is 4.87. The monoisotopic (exact) mass is 636 g/mol. The van der Waals surface area contributed by atoms with Gasteiger partial charge in [-0.05, 0) is 87.4 Å². The van der Waals surface area contributed by atoms with Crippen LogP contribution in [0, 0.1) is 14.9 Å². The number of halogens is 3. The number of rotatable bonds is 8. The zero-order valence-electron chi connectivity index (χ0n) is 17.6. The fraction of sp³-hybridized carbons (Fsp3) is 0.120. The molecule has 33 heavy (non-hydrogen) atoms. The summed E-state index contributed by atoms with van der Waals surface area (Å²) < 4.78 is 12.9. The molecule has 0 aliphatic rings. The van der Waals surface area contributed by atoms with Gasteiger partial charge in [-0.2, -0.15) is 5.26 Å². The Bertz CT molecular complexity index is 1220. The average molecular weight is 638 g/mol. The lowest BCUT2D eigenvalue weighted by Crippen LogP contribution is -2.13. The third kappa shape index (κ3) is 6.97. The molecular weight excluding hydrogens is 619 g/mol. The van der Waals surface area contributed by atoms with Crippen LogP contribution >= 0.6 is 50.1 Å². The largest absolute Gasteiger partial charge is 0.494 e. The smallest absolute Gasteiger partial charge is 0.266 e. The van der Waals surface area contributed by atoms with E-state index in [2.05, 4.69) is 43.8 Å². The highest BCUT2D eigenvalue weighted by Gasteiger charge is 2.13. The zero-order valence-corrected chi connectivity index (χ0v) is 22.1. The molecule has 0 saturated heterocycles. The van der Waals surface area contributed by atoms with Gasteiger partial charge in [0, 0.05) is 22.3 Å². The van der Waals surface area contributed by atoms with E-state index in [0.29, 0.717) is 45.5 Å². The topological polar surface area (TPSA) is 71.3 Å². The van der Waals surface area contributed by atoms with Crippen molar-refractivity contribution >= 4 is 67.8 Å². The van der Waals surface area contributed by atoms with Gasteiger partial charge in [0.15, 0.2) is 0 Å². The van der Waals surface area contributed by atoms with Crippen LogP contribution in [0.3, 0.4) is 0 Å². The highest BCUT2D eigenvalue weighted by atomic mass is 127. The number of amides is 1. The molecule has 8 heteroatoms. The van der Waals surface area contributed by atoms with Crippen LogP contribution in [0.15, 0.2) is 70.7 Å². The van der Waals surface area contributed by atoms with E-state index in [4.69, 9.17) is 21.1 Å². The van der Waals surface area contributed by atoms with Crippen molar-refractivity contribution in [2.24, 2.45) is 0 Å². The van der Waals surface area contributed by atoms with Crippen molar-refractivity contribution in [1.82, 2.24) is 0 Å². The van der Waals surface area contributed by atoms with Gasteiger partial charge in [0.2, 0.25) is 0 Å². The molecule has 3 rings (SSSR count). The van der Waals surface area contributed by atoms with Crippen molar-refractivity contribution in [1.29, 1.82) is 5.26 Å². The minimum absolute atomic E-state index is 0.0238. The fourth-order valence-electron chi connectivity index (χ4n) is 2.91. The Hall–Kier alpha value is -2.54. The molecule has 0 aromatic heterocycles. The molecule has 0 bridgehead atoms. The Balaban J connectivity index is 1.76. The second-order valence-electron chi connectivity index (χ2n) is 6.78. The van der Waals surface area contributed by atoms with Crippen LogP contribution in [0.5, 0.6) is 11.5 Å². The minimum atomic E-state index is -0.503. The number of nitrogens with zero attached hydrogens (tertiary/aromatic N) is 1. The van der Waals surface area contributed by atoms with Crippen LogP contribution in [-0.4, -0.2) is 12.5 Å². The van der Waals surface area contributed by atoms with E-state index in [0.717, 1.165) is 9.13 Å². The quantitative estimate of drug-likeness (QED) is 0.161. The summed E-state index contributed by atoms with van der Waals surface area (Å²) in [4.78, 5) is 12.7. The summed E-state index contributed by atoms with van der Waals surface area (Å²) in [6.07, 6.45) is 1.53. The molecule has 0 unspecified atom stereocenters. The Morgan fingerprint density at radius 3 is 2.67 bits per heavy atom. The third-order valence-corrected chi connectivity index (χ3v) is 6.19. The van der Waals surface area contributed by atoms with Crippen LogP contribution < -0.4 is 14.8 Å². The van der Waals surface area contributed by atoms with Gasteiger partial charge in [0.05, 0.1) is 14.6 Å². The van der Waals surface area contributed by atoms with E-state index in [1.54, 1.807) is 30.3 Å². The number of hydrogen-bond donors (Lipinski definition) is 1. The Labute approximate surface area is 219 Å². The summed E-state index contributed by atoms with van der Waals surface area (Å²) in [6.45, 7) is 2.72. The second kappa shape index (κ2) is 12.1. The number of ether oxygens (including phenoxy) is 2. The number of hydrogen-bond acceptors (Lipinski definition) is 4. The van der Waals surface area contributed by atoms with Gasteiger partial charge in [-0.1, -0.05) is 35.9 Å². The van der Waals surface area contributed by atoms with Gasteiger partial charge < -0.3 is 14.8 Å². The number of nitrogens with one attached hydrogen (secondary N) is 1. The number of benzene rings is 3. The summed E-state index contributed by atoms with van der Waals surface area (Å²) >= 11 is 11.9. The first-order valence-corrected chi connectivity index (χ1v) is 12.2. The summed E-state index contributed by atoms with van der Waals surface area (Å²) in [5.41, 5.74) is 2.09. The molecule has 1 amide bonds. The van der Waals surface area contributed by atoms with Gasteiger partial charge in [-0.15, -0.1) is 0 Å². The van der Waals surface area contributed by atoms with Gasteiger partial charge >= 0.3 is 0 Å². The lowest BCUT2D eigenvalue weighted by Gasteiger charge is -2.12. The van der Waals surface area contributed by atoms with E-state index >= 15 is 0 Å². The molecule has 1 N–H and O–H groups in total. The molecule has 0 aliphatic heterocycles. The Morgan fingerprint density at radius 1 is 1.18 bits per heavy atom. The predicted octanol–water partition coefficient (Wildman–Crippen LogP) is 7.23. The maximum Gasteiger partial charge on any atom is 0.266 e. The van der Waals surface area contributed by atoms with E-state index < -0.39 is 5.91 Å². The normalized spacial score (nSPS) is 10.9. The molecule has 0 saturated carbocycles. The van der Waals surface area contributed by atoms with Crippen molar-refractivity contribution < 1.29 is 14.3 Å². The van der Waals surface area contributed by atoms with Crippen molar-refractivity contribution in [2.45, 2.75) is 13.5 Å². The average Bonchev–Trinajstić information content (AvgIpc) is 2.78. The first-order chi connectivity index (χ1) is 15.9. The Morgan fingerprint density at radius 2 is 1.97 bits per heavy atom. The number of carbonyl (C=O) groups is 1. The maximum absolute atomic E-state index is 12.7. The molecule has 3 aromatic rings. The lowest BCUT2D eigenvalue weighted by atomic mass is 10.1. The summed E-state index contributed by atoms with van der Waals surface area (Å²) in [7, 11) is 0.